The van der Waals surface area contributed by atoms with Gasteiger partial charge in [0.15, 0.2) is 0 Å². The van der Waals surface area contributed by atoms with Gasteiger partial charge in [0.1, 0.15) is 17.3 Å². The van der Waals surface area contributed by atoms with Gasteiger partial charge in [-0.2, -0.15) is 0 Å². The highest BCUT2D eigenvalue weighted by Gasteiger charge is 2.66. The van der Waals surface area contributed by atoms with Crippen molar-refractivity contribution in [1.29, 1.82) is 0 Å². The monoisotopic (exact) mass is 508 g/mol. The Morgan fingerprint density at radius 2 is 2.00 bits per heavy atom. The molecule has 4 rings (SSSR count). The molecule has 0 aromatic heterocycles. The zero-order chi connectivity index (χ0) is 22.7. The molecular formula is C23H23BrClFN2O3. The second-order valence-corrected chi connectivity index (χ2v) is 10.8. The molecule has 1 fully saturated rings. The maximum atomic E-state index is 15.3. The zero-order valence-electron chi connectivity index (χ0n) is 17.3. The predicted octanol–water partition coefficient (Wildman–Crippen LogP) is 5.08. The fourth-order valence-electron chi connectivity index (χ4n) is 5.14. The van der Waals surface area contributed by atoms with E-state index in [1.54, 1.807) is 12.1 Å². The number of amides is 1. The van der Waals surface area contributed by atoms with Crippen molar-refractivity contribution >= 4 is 45.1 Å². The summed E-state index contributed by atoms with van der Waals surface area (Å²) in [6, 6.07) is 8.24. The van der Waals surface area contributed by atoms with Crippen molar-refractivity contribution in [3.63, 3.8) is 0 Å². The Labute approximate surface area is 193 Å². The number of nitrogens with one attached hydrogen (secondary N) is 2. The third kappa shape index (κ3) is 3.47. The van der Waals surface area contributed by atoms with E-state index in [1.807, 2.05) is 32.9 Å². The Hall–Kier alpha value is -1.96. The normalized spacial score (nSPS) is 27.4. The highest BCUT2D eigenvalue weighted by molar-refractivity contribution is 9.10. The number of carboxylic acids is 1. The summed E-state index contributed by atoms with van der Waals surface area (Å²) in [7, 11) is 0. The van der Waals surface area contributed by atoms with E-state index < -0.39 is 35.2 Å². The molecule has 164 valence electrons. The van der Waals surface area contributed by atoms with Crippen molar-refractivity contribution in [2.24, 2.45) is 5.41 Å². The largest absolute Gasteiger partial charge is 0.480 e. The standard InChI is InChI=1S/C23H23BrClFN2O3/c1-22(2,3)10-16-23(13-8-7-11(24)9-15(13)27-21(23)31)17(19(28-16)20(29)30)12-5-4-6-14(25)18(12)26/h4-9,16-17,19,28H,10H2,1-3H3,(H,27,31)(H,29,30)/t16-,17+,19+,23?/m0/s1. The molecule has 2 aliphatic rings. The topological polar surface area (TPSA) is 78.4 Å². The van der Waals surface area contributed by atoms with E-state index in [2.05, 4.69) is 26.6 Å². The molecule has 0 saturated carbocycles. The van der Waals surface area contributed by atoms with Crippen molar-refractivity contribution in [1.82, 2.24) is 5.32 Å². The molecule has 0 bridgehead atoms. The Kier molecular flexibility index (Phi) is 5.43. The van der Waals surface area contributed by atoms with Crippen molar-refractivity contribution in [2.45, 2.75) is 50.6 Å². The van der Waals surface area contributed by atoms with Crippen molar-refractivity contribution < 1.29 is 19.1 Å². The van der Waals surface area contributed by atoms with Crippen LogP contribution in [0.1, 0.15) is 44.2 Å². The van der Waals surface area contributed by atoms with Gasteiger partial charge in [0.2, 0.25) is 5.91 Å². The lowest BCUT2D eigenvalue weighted by molar-refractivity contribution is -0.139. The van der Waals surface area contributed by atoms with Crippen LogP contribution in [0.25, 0.3) is 0 Å². The van der Waals surface area contributed by atoms with E-state index in [-0.39, 0.29) is 21.9 Å². The second-order valence-electron chi connectivity index (χ2n) is 9.43. The van der Waals surface area contributed by atoms with Gasteiger partial charge in [-0.3, -0.25) is 14.9 Å². The lowest BCUT2D eigenvalue weighted by Crippen LogP contribution is -2.49. The number of aliphatic carboxylic acids is 1. The molecule has 2 aliphatic heterocycles. The summed E-state index contributed by atoms with van der Waals surface area (Å²) in [6.07, 6.45) is 0.512. The maximum Gasteiger partial charge on any atom is 0.321 e. The average molecular weight is 510 g/mol. The molecule has 8 heteroatoms. The Bertz CT molecular complexity index is 1090. The molecule has 2 aromatic carbocycles. The zero-order valence-corrected chi connectivity index (χ0v) is 19.6. The third-order valence-electron chi connectivity index (χ3n) is 6.20. The van der Waals surface area contributed by atoms with Crippen LogP contribution in [0.15, 0.2) is 40.9 Å². The predicted molar refractivity (Wildman–Crippen MR) is 121 cm³/mol. The number of carbonyl (C=O) groups excluding carboxylic acids is 1. The van der Waals surface area contributed by atoms with Crippen LogP contribution in [0, 0.1) is 11.2 Å². The van der Waals surface area contributed by atoms with Crippen LogP contribution in [0.3, 0.4) is 0 Å². The number of benzene rings is 2. The number of anilines is 1. The summed E-state index contributed by atoms with van der Waals surface area (Å²) >= 11 is 9.49. The van der Waals surface area contributed by atoms with E-state index in [0.717, 1.165) is 4.47 Å². The molecule has 5 nitrogen and oxygen atoms in total. The minimum Gasteiger partial charge on any atom is -0.480 e. The molecule has 1 spiro atoms. The van der Waals surface area contributed by atoms with Crippen molar-refractivity contribution in [3.05, 3.63) is 62.8 Å². The molecule has 4 atom stereocenters. The van der Waals surface area contributed by atoms with Gasteiger partial charge in [0.05, 0.1) is 5.02 Å². The van der Waals surface area contributed by atoms with E-state index in [4.69, 9.17) is 11.6 Å². The molecule has 1 amide bonds. The van der Waals surface area contributed by atoms with Gasteiger partial charge < -0.3 is 10.4 Å². The van der Waals surface area contributed by atoms with Crippen LogP contribution in [0.4, 0.5) is 10.1 Å². The molecule has 2 aromatic rings. The van der Waals surface area contributed by atoms with Crippen LogP contribution >= 0.6 is 27.5 Å². The first-order valence-electron chi connectivity index (χ1n) is 10.0. The number of fused-ring (bicyclic) bond motifs is 2. The first kappa shape index (κ1) is 22.2. The van der Waals surface area contributed by atoms with Gasteiger partial charge in [-0.25, -0.2) is 4.39 Å². The highest BCUT2D eigenvalue weighted by Crippen LogP contribution is 2.57. The lowest BCUT2D eigenvalue weighted by atomic mass is 9.62. The van der Waals surface area contributed by atoms with E-state index in [1.165, 1.54) is 12.1 Å². The molecule has 31 heavy (non-hydrogen) atoms. The summed E-state index contributed by atoms with van der Waals surface area (Å²) < 4.78 is 16.0. The van der Waals surface area contributed by atoms with E-state index >= 15 is 4.39 Å². The van der Waals surface area contributed by atoms with Crippen LogP contribution in [-0.2, 0) is 15.0 Å². The summed E-state index contributed by atoms with van der Waals surface area (Å²) in [5, 5.41) is 16.1. The van der Waals surface area contributed by atoms with Crippen LogP contribution < -0.4 is 10.6 Å². The van der Waals surface area contributed by atoms with Crippen LogP contribution in [0.5, 0.6) is 0 Å². The van der Waals surface area contributed by atoms with Crippen LogP contribution in [0.2, 0.25) is 5.02 Å². The first-order valence-corrected chi connectivity index (χ1v) is 11.2. The summed E-state index contributed by atoms with van der Waals surface area (Å²) in [4.78, 5) is 26.0. The fraction of sp³-hybridized carbons (Fsp3) is 0.391. The summed E-state index contributed by atoms with van der Waals surface area (Å²) in [5.41, 5.74) is -0.143. The maximum absolute atomic E-state index is 15.3. The molecular weight excluding hydrogens is 487 g/mol. The molecule has 1 unspecified atom stereocenters. The Morgan fingerprint density at radius 3 is 2.65 bits per heavy atom. The number of hydrogen-bond acceptors (Lipinski definition) is 3. The molecule has 1 saturated heterocycles. The fourth-order valence-corrected chi connectivity index (χ4v) is 5.68. The van der Waals surface area contributed by atoms with Crippen LogP contribution in [-0.4, -0.2) is 29.1 Å². The van der Waals surface area contributed by atoms with Gasteiger partial charge in [-0.15, -0.1) is 0 Å². The number of hydrogen-bond donors (Lipinski definition) is 3. The van der Waals surface area contributed by atoms with Gasteiger partial charge in [0.25, 0.3) is 0 Å². The second kappa shape index (κ2) is 7.57. The number of rotatable bonds is 3. The number of halogens is 3. The van der Waals surface area contributed by atoms with Gasteiger partial charge in [0, 0.05) is 22.1 Å². The first-order chi connectivity index (χ1) is 14.5. The lowest BCUT2D eigenvalue weighted by Gasteiger charge is -2.37. The molecule has 2 heterocycles. The average Bonchev–Trinajstić information content (AvgIpc) is 3.12. The SMILES string of the molecule is CC(C)(C)C[C@@H]1N[C@@H](C(=O)O)[C@@H](c2cccc(Cl)c2F)C12C(=O)Nc1cc(Br)ccc12. The molecule has 0 aliphatic carbocycles. The summed E-state index contributed by atoms with van der Waals surface area (Å²) in [6.45, 7) is 6.09. The Morgan fingerprint density at radius 1 is 1.29 bits per heavy atom. The third-order valence-corrected chi connectivity index (χ3v) is 6.99. The highest BCUT2D eigenvalue weighted by atomic mass is 79.9. The summed E-state index contributed by atoms with van der Waals surface area (Å²) in [5.74, 6) is -3.16. The number of carbonyl (C=O) groups is 2. The minimum atomic E-state index is -1.31. The van der Waals surface area contributed by atoms with Crippen molar-refractivity contribution in [3.8, 4) is 0 Å². The Balaban J connectivity index is 2.04. The van der Waals surface area contributed by atoms with Gasteiger partial charge >= 0.3 is 5.97 Å². The van der Waals surface area contributed by atoms with Gasteiger partial charge in [-0.05, 0) is 41.2 Å². The van der Waals surface area contributed by atoms with E-state index in [9.17, 15) is 14.7 Å². The quantitative estimate of drug-likeness (QED) is 0.539. The van der Waals surface area contributed by atoms with Gasteiger partial charge in [-0.1, -0.05) is 66.5 Å². The minimum absolute atomic E-state index is 0.106. The molecule has 3 N–H and O–H groups in total. The van der Waals surface area contributed by atoms with Crippen molar-refractivity contribution in [2.75, 3.05) is 5.32 Å². The molecule has 0 radical (unpaired) electrons. The number of carboxylic acid groups (broad SMARTS) is 1. The van der Waals surface area contributed by atoms with E-state index in [0.29, 0.717) is 17.7 Å². The smallest absolute Gasteiger partial charge is 0.321 e.